The van der Waals surface area contributed by atoms with Crippen molar-refractivity contribution < 1.29 is 39.5 Å². The second kappa shape index (κ2) is 14.9. The van der Waals surface area contributed by atoms with Crippen LogP contribution in [0.5, 0.6) is 0 Å². The summed E-state index contributed by atoms with van der Waals surface area (Å²) in [6.45, 7) is 2.04. The van der Waals surface area contributed by atoms with Crippen molar-refractivity contribution in [1.29, 1.82) is 0 Å². The highest BCUT2D eigenvalue weighted by Gasteiger charge is 2.37. The molecule has 8 aromatic rings. The molecule has 1 N–H and O–H groups in total. The standard InChI is InChI=1S/C49H33F9N6/c1-28-10-23-40-43(24-28)64(37-21-15-34(16-22-37)49(56,57)58)46(61-40)31-26-29(44-59-38-6-2-4-8-41(38)62(44)35-17-11-32(12-18-35)47(50,51)52)25-30(27-31)45-60-39-7-3-5-9-42(39)63(45)36-19-13-33(14-20-36)48(53,54)55/h2-23,25-28,46,61H,24H2,1H3. The molecule has 3 heterocycles. The fourth-order valence-electron chi connectivity index (χ4n) is 8.54. The maximum atomic E-state index is 13.8. The van der Waals surface area contributed by atoms with E-state index >= 15 is 0 Å². The van der Waals surface area contributed by atoms with Crippen LogP contribution in [0.3, 0.4) is 0 Å². The monoisotopic (exact) mass is 876 g/mol. The Morgan fingerprint density at radius 3 is 1.39 bits per heavy atom. The zero-order valence-corrected chi connectivity index (χ0v) is 33.4. The molecular formula is C49H33F9N6. The third kappa shape index (κ3) is 7.23. The van der Waals surface area contributed by atoms with Crippen LogP contribution in [0.25, 0.3) is 56.2 Å². The summed E-state index contributed by atoms with van der Waals surface area (Å²) in [7, 11) is 0. The number of rotatable bonds is 6. The zero-order chi connectivity index (χ0) is 44.7. The minimum atomic E-state index is -4.58. The van der Waals surface area contributed by atoms with Crippen LogP contribution >= 0.6 is 0 Å². The van der Waals surface area contributed by atoms with Gasteiger partial charge in [-0.2, -0.15) is 39.5 Å². The number of alkyl halides is 9. The molecule has 1 aliphatic carbocycles. The molecule has 0 spiro atoms. The van der Waals surface area contributed by atoms with Crippen LogP contribution in [0.15, 0.2) is 163 Å². The van der Waals surface area contributed by atoms with E-state index in [0.717, 1.165) is 47.8 Å². The lowest BCUT2D eigenvalue weighted by Gasteiger charge is -2.31. The minimum Gasteiger partial charge on any atom is -0.360 e. The number of hydrogen-bond donors (Lipinski definition) is 1. The van der Waals surface area contributed by atoms with Crippen molar-refractivity contribution in [3.05, 3.63) is 185 Å². The van der Waals surface area contributed by atoms with Gasteiger partial charge in [0.25, 0.3) is 0 Å². The highest BCUT2D eigenvalue weighted by Crippen LogP contribution is 2.45. The van der Waals surface area contributed by atoms with E-state index in [1.807, 2.05) is 42.2 Å². The predicted octanol–water partition coefficient (Wildman–Crippen LogP) is 13.7. The first-order chi connectivity index (χ1) is 30.5. The number of aromatic nitrogens is 4. The number of allylic oxidation sites excluding steroid dienone is 3. The summed E-state index contributed by atoms with van der Waals surface area (Å²) in [6, 6.07) is 34.3. The number of imidazole rings is 2. The Bertz CT molecular complexity index is 2980. The quantitative estimate of drug-likeness (QED) is 0.169. The molecule has 0 amide bonds. The predicted molar refractivity (Wildman–Crippen MR) is 226 cm³/mol. The average molecular weight is 877 g/mol. The van der Waals surface area contributed by atoms with E-state index in [4.69, 9.17) is 9.97 Å². The summed E-state index contributed by atoms with van der Waals surface area (Å²) in [5.74, 6) is 0.809. The van der Waals surface area contributed by atoms with E-state index in [2.05, 4.69) is 5.32 Å². The van der Waals surface area contributed by atoms with E-state index < -0.39 is 41.4 Å². The molecule has 0 saturated carbocycles. The van der Waals surface area contributed by atoms with Crippen molar-refractivity contribution in [3.8, 4) is 34.2 Å². The smallest absolute Gasteiger partial charge is 0.360 e. The summed E-state index contributed by atoms with van der Waals surface area (Å²) in [4.78, 5) is 12.0. The van der Waals surface area contributed by atoms with E-state index in [1.54, 1.807) is 57.7 Å². The van der Waals surface area contributed by atoms with Gasteiger partial charge in [-0.05, 0) is 139 Å². The van der Waals surface area contributed by atoms with E-state index in [9.17, 15) is 39.5 Å². The minimum absolute atomic E-state index is 0.102. The second-order valence-corrected chi connectivity index (χ2v) is 15.8. The van der Waals surface area contributed by atoms with Gasteiger partial charge < -0.3 is 10.2 Å². The van der Waals surface area contributed by atoms with Gasteiger partial charge in [0.15, 0.2) is 0 Å². The van der Waals surface area contributed by atoms with Crippen molar-refractivity contribution in [2.75, 3.05) is 4.90 Å². The number of halogens is 9. The molecule has 15 heteroatoms. The molecule has 2 aromatic heterocycles. The molecule has 322 valence electrons. The molecule has 2 unspecified atom stereocenters. The fourth-order valence-corrected chi connectivity index (χ4v) is 8.54. The number of fused-ring (bicyclic) bond motifs is 2. The summed E-state index contributed by atoms with van der Waals surface area (Å²) in [5, 5.41) is 3.60. The molecule has 2 aliphatic rings. The highest BCUT2D eigenvalue weighted by molar-refractivity contribution is 5.87. The van der Waals surface area contributed by atoms with Crippen molar-refractivity contribution >= 4 is 27.8 Å². The number of nitrogens with one attached hydrogen (secondary N) is 1. The van der Waals surface area contributed by atoms with Crippen LogP contribution in [0.2, 0.25) is 0 Å². The molecule has 6 nitrogen and oxygen atoms in total. The molecular weight excluding hydrogens is 844 g/mol. The summed E-state index contributed by atoms with van der Waals surface area (Å²) < 4.78 is 128. The Labute approximate surface area is 359 Å². The molecule has 0 bridgehead atoms. The first-order valence-corrected chi connectivity index (χ1v) is 20.1. The highest BCUT2D eigenvalue weighted by atomic mass is 19.4. The number of benzene rings is 6. The van der Waals surface area contributed by atoms with Crippen LogP contribution in [0, 0.1) is 5.92 Å². The number of hydrogen-bond acceptors (Lipinski definition) is 4. The van der Waals surface area contributed by atoms with Gasteiger partial charge in [-0.15, -0.1) is 0 Å². The molecule has 0 saturated heterocycles. The van der Waals surface area contributed by atoms with Gasteiger partial charge in [0, 0.05) is 33.9 Å². The molecule has 6 aromatic carbocycles. The lowest BCUT2D eigenvalue weighted by atomic mass is 9.97. The summed E-state index contributed by atoms with van der Waals surface area (Å²) in [5.41, 5.74) is 4.31. The van der Waals surface area contributed by atoms with Gasteiger partial charge in [-0.25, -0.2) is 9.97 Å². The molecule has 2 atom stereocenters. The molecule has 0 fully saturated rings. The molecule has 0 radical (unpaired) electrons. The normalized spacial score (nSPS) is 16.8. The van der Waals surface area contributed by atoms with E-state index in [1.165, 1.54) is 36.4 Å². The topological polar surface area (TPSA) is 50.9 Å². The van der Waals surface area contributed by atoms with Crippen LogP contribution < -0.4 is 10.2 Å². The Morgan fingerprint density at radius 2 is 0.953 bits per heavy atom. The Balaban J connectivity index is 1.22. The number of nitrogens with zero attached hydrogens (tertiary/aromatic N) is 5. The van der Waals surface area contributed by atoms with Gasteiger partial charge in [0.1, 0.15) is 17.8 Å². The van der Waals surface area contributed by atoms with Gasteiger partial charge in [-0.1, -0.05) is 37.3 Å². The second-order valence-electron chi connectivity index (χ2n) is 15.8. The van der Waals surface area contributed by atoms with Crippen LogP contribution in [-0.2, 0) is 18.5 Å². The Hall–Kier alpha value is -7.29. The zero-order valence-electron chi connectivity index (χ0n) is 33.4. The summed E-state index contributed by atoms with van der Waals surface area (Å²) >= 11 is 0. The van der Waals surface area contributed by atoms with Crippen molar-refractivity contribution in [1.82, 2.24) is 24.4 Å². The van der Waals surface area contributed by atoms with Crippen LogP contribution in [0.1, 0.15) is 41.8 Å². The maximum absolute atomic E-state index is 13.8. The number of para-hydroxylation sites is 4. The lowest BCUT2D eigenvalue weighted by molar-refractivity contribution is -0.138. The SMILES string of the molecule is CC1C=CC2=C(C1)N(c1ccc(C(F)(F)F)cc1)C(c1cc(-c3nc4ccccc4n3-c3ccc(C(F)(F)F)cc3)cc(-c3nc4ccccc4n3-c3ccc(C(F)(F)F)cc3)c1)N2. The largest absolute Gasteiger partial charge is 0.416 e. The first kappa shape index (κ1) is 40.8. The third-order valence-corrected chi connectivity index (χ3v) is 11.5. The first-order valence-electron chi connectivity index (χ1n) is 20.1. The van der Waals surface area contributed by atoms with Crippen molar-refractivity contribution in [2.24, 2.45) is 5.92 Å². The molecule has 1 aliphatic heterocycles. The van der Waals surface area contributed by atoms with Gasteiger partial charge >= 0.3 is 18.5 Å². The van der Waals surface area contributed by atoms with E-state index in [-0.39, 0.29) is 5.92 Å². The number of anilines is 1. The maximum Gasteiger partial charge on any atom is 0.416 e. The van der Waals surface area contributed by atoms with Gasteiger partial charge in [0.05, 0.1) is 44.5 Å². The van der Waals surface area contributed by atoms with Gasteiger partial charge in [-0.3, -0.25) is 9.13 Å². The average Bonchev–Trinajstić information content (AvgIpc) is 3.97. The van der Waals surface area contributed by atoms with Crippen LogP contribution in [0.4, 0.5) is 45.2 Å². The van der Waals surface area contributed by atoms with E-state index in [0.29, 0.717) is 73.9 Å². The molecule has 10 rings (SSSR count). The Kier molecular flexibility index (Phi) is 9.50. The van der Waals surface area contributed by atoms with Crippen LogP contribution in [-0.4, -0.2) is 19.1 Å². The fraction of sp³-hybridized carbons (Fsp3) is 0.143. The summed E-state index contributed by atoms with van der Waals surface area (Å²) in [6.07, 6.45) is -9.88. The third-order valence-electron chi connectivity index (χ3n) is 11.5. The van der Waals surface area contributed by atoms with Crippen molar-refractivity contribution in [3.63, 3.8) is 0 Å². The lowest BCUT2D eigenvalue weighted by Crippen LogP contribution is -2.29. The molecule has 64 heavy (non-hydrogen) atoms. The van der Waals surface area contributed by atoms with Crippen molar-refractivity contribution in [2.45, 2.75) is 38.0 Å². The van der Waals surface area contributed by atoms with Gasteiger partial charge in [0.2, 0.25) is 0 Å². The Morgan fingerprint density at radius 1 is 0.531 bits per heavy atom.